The van der Waals surface area contributed by atoms with E-state index < -0.39 is 5.41 Å². The Kier molecular flexibility index (Phi) is 7.50. The van der Waals surface area contributed by atoms with Gasteiger partial charge in [-0.15, -0.1) is 0 Å². The summed E-state index contributed by atoms with van der Waals surface area (Å²) in [5.74, 6) is 0.242. The Morgan fingerprint density at radius 1 is 1.43 bits per heavy atom. The maximum absolute atomic E-state index is 12.7. The third kappa shape index (κ3) is 4.59. The van der Waals surface area contributed by atoms with Crippen LogP contribution in [0.4, 0.5) is 0 Å². The van der Waals surface area contributed by atoms with E-state index in [1.165, 1.54) is 0 Å². The van der Waals surface area contributed by atoms with Crippen molar-refractivity contribution in [1.82, 2.24) is 5.32 Å². The van der Waals surface area contributed by atoms with Gasteiger partial charge in [0.1, 0.15) is 5.41 Å². The average Bonchev–Trinajstić information content (AvgIpc) is 2.52. The van der Waals surface area contributed by atoms with Crippen LogP contribution in [0.1, 0.15) is 52.4 Å². The molecule has 21 heavy (non-hydrogen) atoms. The highest BCUT2D eigenvalue weighted by Gasteiger charge is 2.41. The van der Waals surface area contributed by atoms with Crippen LogP contribution in [0.3, 0.4) is 0 Å². The number of nitrogens with two attached hydrogens (primary N) is 1. The van der Waals surface area contributed by atoms with Gasteiger partial charge in [0.2, 0.25) is 5.91 Å². The second-order valence-electron chi connectivity index (χ2n) is 5.86. The van der Waals surface area contributed by atoms with Crippen LogP contribution >= 0.6 is 0 Å². The molecule has 1 atom stereocenters. The third-order valence-corrected chi connectivity index (χ3v) is 4.19. The molecule has 1 heterocycles. The Hall–Kier alpha value is -1.30. The largest absolute Gasteiger partial charge is 0.409 e. The summed E-state index contributed by atoms with van der Waals surface area (Å²) in [6.07, 6.45) is 4.88. The molecule has 0 aromatic rings. The highest BCUT2D eigenvalue weighted by atomic mass is 16.5. The fraction of sp³-hybridized carbons (Fsp3) is 0.867. The number of amidine groups is 1. The van der Waals surface area contributed by atoms with Crippen molar-refractivity contribution < 1.29 is 14.7 Å². The lowest BCUT2D eigenvalue weighted by molar-refractivity contribution is -0.128. The molecule has 1 aliphatic heterocycles. The number of hydrogen-bond donors (Lipinski definition) is 3. The van der Waals surface area contributed by atoms with Gasteiger partial charge in [0.15, 0.2) is 5.84 Å². The first-order valence-corrected chi connectivity index (χ1v) is 7.94. The minimum Gasteiger partial charge on any atom is -0.409 e. The fourth-order valence-corrected chi connectivity index (χ4v) is 3.05. The average molecular weight is 299 g/mol. The predicted molar refractivity (Wildman–Crippen MR) is 82.2 cm³/mol. The molecule has 6 heteroatoms. The van der Waals surface area contributed by atoms with E-state index in [-0.39, 0.29) is 11.7 Å². The Morgan fingerprint density at radius 2 is 2.10 bits per heavy atom. The van der Waals surface area contributed by atoms with Crippen molar-refractivity contribution in [2.45, 2.75) is 52.4 Å². The summed E-state index contributed by atoms with van der Waals surface area (Å²) in [5, 5.41) is 15.2. The van der Waals surface area contributed by atoms with Gasteiger partial charge in [-0.1, -0.05) is 31.8 Å². The lowest BCUT2D eigenvalue weighted by Crippen LogP contribution is -2.51. The summed E-state index contributed by atoms with van der Waals surface area (Å²) in [6, 6.07) is 0. The topological polar surface area (TPSA) is 96.9 Å². The zero-order valence-corrected chi connectivity index (χ0v) is 13.2. The molecule has 0 aromatic heterocycles. The Bertz CT molecular complexity index is 346. The van der Waals surface area contributed by atoms with Gasteiger partial charge in [0.25, 0.3) is 0 Å². The predicted octanol–water partition coefficient (Wildman–Crippen LogP) is 1.86. The van der Waals surface area contributed by atoms with Gasteiger partial charge in [0.05, 0.1) is 6.61 Å². The normalized spacial score (nSPS) is 20.3. The van der Waals surface area contributed by atoms with Crippen molar-refractivity contribution in [2.75, 3.05) is 19.8 Å². The number of ether oxygens (including phenoxy) is 1. The van der Waals surface area contributed by atoms with Crippen LogP contribution in [0.5, 0.6) is 0 Å². The molecule has 1 fully saturated rings. The van der Waals surface area contributed by atoms with Crippen LogP contribution < -0.4 is 11.1 Å². The highest BCUT2D eigenvalue weighted by molar-refractivity contribution is 6.06. The number of carbonyl (C=O) groups is 1. The van der Waals surface area contributed by atoms with Crippen LogP contribution in [0.2, 0.25) is 0 Å². The van der Waals surface area contributed by atoms with Crippen LogP contribution in [0.25, 0.3) is 0 Å². The van der Waals surface area contributed by atoms with Crippen LogP contribution in [0.15, 0.2) is 5.16 Å². The maximum atomic E-state index is 12.7. The molecule has 1 rings (SSSR count). The van der Waals surface area contributed by atoms with E-state index in [0.29, 0.717) is 31.9 Å². The van der Waals surface area contributed by atoms with E-state index in [4.69, 9.17) is 15.7 Å². The standard InChI is InChI=1S/C15H29N3O3/c1-3-7-15(8-4-2,13(16)18-20)14(19)17-10-12-6-5-9-21-11-12/h12,20H,3-11H2,1-2H3,(H2,16,18)(H,17,19). The van der Waals surface area contributed by atoms with Crippen LogP contribution in [-0.2, 0) is 9.53 Å². The number of rotatable bonds is 8. The summed E-state index contributed by atoms with van der Waals surface area (Å²) in [5.41, 5.74) is 4.95. The molecule has 1 saturated heterocycles. The molecule has 4 N–H and O–H groups in total. The molecule has 0 saturated carbocycles. The zero-order chi connectivity index (χ0) is 15.7. The number of hydrogen-bond acceptors (Lipinski definition) is 4. The zero-order valence-electron chi connectivity index (χ0n) is 13.2. The van der Waals surface area contributed by atoms with E-state index in [1.54, 1.807) is 0 Å². The van der Waals surface area contributed by atoms with Crippen molar-refractivity contribution in [3.8, 4) is 0 Å². The summed E-state index contributed by atoms with van der Waals surface area (Å²) in [6.45, 7) is 6.09. The molecule has 0 bridgehead atoms. The Labute approximate surface area is 127 Å². The minimum absolute atomic E-state index is 0.0172. The second kappa shape index (κ2) is 8.87. The quantitative estimate of drug-likeness (QED) is 0.276. The molecule has 122 valence electrons. The van der Waals surface area contributed by atoms with Gasteiger partial charge < -0.3 is 21.0 Å². The maximum Gasteiger partial charge on any atom is 0.233 e. The van der Waals surface area contributed by atoms with Gasteiger partial charge in [-0.3, -0.25) is 4.79 Å². The van der Waals surface area contributed by atoms with Gasteiger partial charge in [-0.05, 0) is 31.6 Å². The van der Waals surface area contributed by atoms with Crippen molar-refractivity contribution in [3.05, 3.63) is 0 Å². The van der Waals surface area contributed by atoms with Crippen LogP contribution in [-0.4, -0.2) is 36.7 Å². The first kappa shape index (κ1) is 17.8. The number of amides is 1. The van der Waals surface area contributed by atoms with Crippen molar-refractivity contribution in [1.29, 1.82) is 0 Å². The SMILES string of the molecule is CCCC(CCC)(C(=O)NCC1CCCOC1)C(N)=NO. The fourth-order valence-electron chi connectivity index (χ4n) is 3.05. The first-order chi connectivity index (χ1) is 10.1. The van der Waals surface area contributed by atoms with E-state index in [2.05, 4.69) is 10.5 Å². The number of oxime groups is 1. The second-order valence-corrected chi connectivity index (χ2v) is 5.86. The van der Waals surface area contributed by atoms with Crippen molar-refractivity contribution >= 4 is 11.7 Å². The Morgan fingerprint density at radius 3 is 2.57 bits per heavy atom. The number of nitrogens with zero attached hydrogens (tertiary/aromatic N) is 1. The summed E-state index contributed by atoms with van der Waals surface area (Å²) in [7, 11) is 0. The van der Waals surface area contributed by atoms with Gasteiger partial charge in [0, 0.05) is 13.2 Å². The minimum atomic E-state index is -0.895. The molecule has 0 radical (unpaired) electrons. The van der Waals surface area contributed by atoms with Gasteiger partial charge in [-0.25, -0.2) is 0 Å². The molecule has 0 aromatic carbocycles. The Balaban J connectivity index is 2.73. The molecular weight excluding hydrogens is 270 g/mol. The number of nitrogens with one attached hydrogen (secondary N) is 1. The van der Waals surface area contributed by atoms with Gasteiger partial charge in [-0.2, -0.15) is 0 Å². The van der Waals surface area contributed by atoms with Gasteiger partial charge >= 0.3 is 0 Å². The summed E-state index contributed by atoms with van der Waals surface area (Å²) in [4.78, 5) is 12.7. The molecule has 6 nitrogen and oxygen atoms in total. The van der Waals surface area contributed by atoms with Crippen molar-refractivity contribution in [2.24, 2.45) is 22.2 Å². The smallest absolute Gasteiger partial charge is 0.233 e. The van der Waals surface area contributed by atoms with E-state index in [0.717, 1.165) is 32.3 Å². The molecule has 1 aliphatic rings. The third-order valence-electron chi connectivity index (χ3n) is 4.19. The van der Waals surface area contributed by atoms with Crippen molar-refractivity contribution in [3.63, 3.8) is 0 Å². The molecule has 1 amide bonds. The summed E-state index contributed by atoms with van der Waals surface area (Å²) < 4.78 is 5.42. The molecule has 0 aliphatic carbocycles. The monoisotopic (exact) mass is 299 g/mol. The lowest BCUT2D eigenvalue weighted by atomic mass is 9.77. The molecule has 1 unspecified atom stereocenters. The molecule has 0 spiro atoms. The number of carbonyl (C=O) groups excluding carboxylic acids is 1. The molecular formula is C15H29N3O3. The highest BCUT2D eigenvalue weighted by Crippen LogP contribution is 2.31. The van der Waals surface area contributed by atoms with E-state index >= 15 is 0 Å². The van der Waals surface area contributed by atoms with E-state index in [9.17, 15) is 4.79 Å². The first-order valence-electron chi connectivity index (χ1n) is 7.94. The lowest BCUT2D eigenvalue weighted by Gasteiger charge is -2.32. The van der Waals surface area contributed by atoms with E-state index in [1.807, 2.05) is 13.8 Å². The van der Waals surface area contributed by atoms with Crippen LogP contribution in [0, 0.1) is 11.3 Å². The summed E-state index contributed by atoms with van der Waals surface area (Å²) >= 11 is 0.